The van der Waals surface area contributed by atoms with Crippen LogP contribution in [0.3, 0.4) is 0 Å². The van der Waals surface area contributed by atoms with Gasteiger partial charge in [-0.05, 0) is 36.7 Å². The average Bonchev–Trinajstić information content (AvgIpc) is 3.44. The molecule has 0 aliphatic heterocycles. The summed E-state index contributed by atoms with van der Waals surface area (Å²) in [4.78, 5) is 12.0. The standard InChI is InChI=1S/C17H18N2O2/c20-17(15-9-16(21-19-15)12-6-7-12)18-10-13-8-14(13)11-4-2-1-3-5-11/h1-5,9,12-14H,6-8,10H2,(H,18,20)/t13-,14-/m1/s1. The van der Waals surface area contributed by atoms with E-state index in [0.29, 0.717) is 30.0 Å². The van der Waals surface area contributed by atoms with E-state index in [1.165, 1.54) is 5.56 Å². The van der Waals surface area contributed by atoms with Crippen LogP contribution in [0.25, 0.3) is 0 Å². The van der Waals surface area contributed by atoms with Crippen LogP contribution in [0.4, 0.5) is 0 Å². The molecule has 2 aliphatic carbocycles. The van der Waals surface area contributed by atoms with Gasteiger partial charge in [0, 0.05) is 18.5 Å². The Hall–Kier alpha value is -2.10. The van der Waals surface area contributed by atoms with Crippen molar-refractivity contribution in [3.63, 3.8) is 0 Å². The third-order valence-electron chi connectivity index (χ3n) is 4.42. The minimum Gasteiger partial charge on any atom is -0.360 e. The lowest BCUT2D eigenvalue weighted by atomic mass is 10.1. The van der Waals surface area contributed by atoms with Crippen molar-refractivity contribution < 1.29 is 9.32 Å². The van der Waals surface area contributed by atoms with E-state index in [-0.39, 0.29) is 5.91 Å². The van der Waals surface area contributed by atoms with Crippen LogP contribution in [0.5, 0.6) is 0 Å². The van der Waals surface area contributed by atoms with E-state index in [1.807, 2.05) is 6.07 Å². The molecule has 4 heteroatoms. The quantitative estimate of drug-likeness (QED) is 0.917. The second-order valence-corrected chi connectivity index (χ2v) is 6.11. The highest BCUT2D eigenvalue weighted by Crippen LogP contribution is 2.46. The molecule has 108 valence electrons. The number of amides is 1. The van der Waals surface area contributed by atoms with E-state index in [0.717, 1.165) is 25.0 Å². The molecule has 2 saturated carbocycles. The Labute approximate surface area is 123 Å². The predicted octanol–water partition coefficient (Wildman–Crippen LogP) is 3.09. The van der Waals surface area contributed by atoms with Crippen LogP contribution in [0, 0.1) is 5.92 Å². The highest BCUT2D eigenvalue weighted by atomic mass is 16.5. The van der Waals surface area contributed by atoms with E-state index >= 15 is 0 Å². The Morgan fingerprint density at radius 1 is 1.29 bits per heavy atom. The molecule has 2 aliphatic rings. The molecule has 0 saturated heterocycles. The number of benzene rings is 1. The summed E-state index contributed by atoms with van der Waals surface area (Å²) in [7, 11) is 0. The molecule has 4 rings (SSSR count). The second kappa shape index (κ2) is 5.02. The fourth-order valence-corrected chi connectivity index (χ4v) is 2.85. The first-order valence-electron chi connectivity index (χ1n) is 7.61. The number of rotatable bonds is 5. The third-order valence-corrected chi connectivity index (χ3v) is 4.42. The Kier molecular flexibility index (Phi) is 3.02. The fraction of sp³-hybridized carbons (Fsp3) is 0.412. The zero-order chi connectivity index (χ0) is 14.2. The van der Waals surface area contributed by atoms with E-state index < -0.39 is 0 Å². The molecule has 1 N–H and O–H groups in total. The summed E-state index contributed by atoms with van der Waals surface area (Å²) < 4.78 is 5.21. The van der Waals surface area contributed by atoms with Crippen molar-refractivity contribution in [1.82, 2.24) is 10.5 Å². The molecule has 1 amide bonds. The van der Waals surface area contributed by atoms with Gasteiger partial charge in [-0.25, -0.2) is 0 Å². The molecular formula is C17H18N2O2. The van der Waals surface area contributed by atoms with Crippen molar-refractivity contribution in [2.24, 2.45) is 5.92 Å². The van der Waals surface area contributed by atoms with Crippen LogP contribution >= 0.6 is 0 Å². The molecule has 2 aromatic rings. The lowest BCUT2D eigenvalue weighted by Crippen LogP contribution is -2.26. The number of hydrogen-bond donors (Lipinski definition) is 1. The highest BCUT2D eigenvalue weighted by molar-refractivity contribution is 5.92. The summed E-state index contributed by atoms with van der Waals surface area (Å²) in [5.41, 5.74) is 1.78. The number of carbonyl (C=O) groups excluding carboxylic acids is 1. The number of nitrogens with zero attached hydrogens (tertiary/aromatic N) is 1. The second-order valence-electron chi connectivity index (χ2n) is 6.11. The maximum absolute atomic E-state index is 12.0. The fourth-order valence-electron chi connectivity index (χ4n) is 2.85. The number of aromatic nitrogens is 1. The smallest absolute Gasteiger partial charge is 0.273 e. The number of hydrogen-bond acceptors (Lipinski definition) is 3. The van der Waals surface area contributed by atoms with E-state index in [1.54, 1.807) is 6.07 Å². The van der Waals surface area contributed by atoms with E-state index in [2.05, 4.69) is 34.7 Å². The molecule has 0 spiro atoms. The lowest BCUT2D eigenvalue weighted by molar-refractivity contribution is 0.0942. The molecule has 2 atom stereocenters. The first-order valence-corrected chi connectivity index (χ1v) is 7.61. The Morgan fingerprint density at radius 2 is 2.10 bits per heavy atom. The largest absolute Gasteiger partial charge is 0.360 e. The van der Waals surface area contributed by atoms with Crippen LogP contribution in [0.1, 0.15) is 52.9 Å². The number of nitrogens with one attached hydrogen (secondary N) is 1. The average molecular weight is 282 g/mol. The molecule has 4 nitrogen and oxygen atoms in total. The van der Waals surface area contributed by atoms with Gasteiger partial charge in [0.1, 0.15) is 5.76 Å². The number of carbonyl (C=O) groups is 1. The predicted molar refractivity (Wildman–Crippen MR) is 78.1 cm³/mol. The Morgan fingerprint density at radius 3 is 2.86 bits per heavy atom. The minimum atomic E-state index is -0.121. The van der Waals surface area contributed by atoms with Gasteiger partial charge in [0.2, 0.25) is 0 Å². The van der Waals surface area contributed by atoms with Gasteiger partial charge >= 0.3 is 0 Å². The summed E-state index contributed by atoms with van der Waals surface area (Å²) >= 11 is 0. The van der Waals surface area contributed by atoms with Gasteiger partial charge in [0.05, 0.1) is 0 Å². The molecular weight excluding hydrogens is 264 g/mol. The van der Waals surface area contributed by atoms with E-state index in [4.69, 9.17) is 4.52 Å². The summed E-state index contributed by atoms with van der Waals surface area (Å²) in [5, 5.41) is 6.84. The van der Waals surface area contributed by atoms with Crippen LogP contribution in [0.2, 0.25) is 0 Å². The van der Waals surface area contributed by atoms with Crippen molar-refractivity contribution in [2.45, 2.75) is 31.1 Å². The molecule has 2 fully saturated rings. The molecule has 0 bridgehead atoms. The van der Waals surface area contributed by atoms with Crippen LogP contribution < -0.4 is 5.32 Å². The highest BCUT2D eigenvalue weighted by Gasteiger charge is 2.38. The van der Waals surface area contributed by atoms with E-state index in [9.17, 15) is 4.79 Å². The van der Waals surface area contributed by atoms with Crippen molar-refractivity contribution in [2.75, 3.05) is 6.54 Å². The topological polar surface area (TPSA) is 55.1 Å². The maximum Gasteiger partial charge on any atom is 0.273 e. The SMILES string of the molecule is O=C(NC[C@H]1C[C@@H]1c1ccccc1)c1cc(C2CC2)on1. The van der Waals surface area contributed by atoms with Gasteiger partial charge in [0.25, 0.3) is 5.91 Å². The zero-order valence-corrected chi connectivity index (χ0v) is 11.8. The van der Waals surface area contributed by atoms with Gasteiger partial charge in [-0.2, -0.15) is 0 Å². The summed E-state index contributed by atoms with van der Waals surface area (Å²) in [5.74, 6) is 2.36. The minimum absolute atomic E-state index is 0.121. The monoisotopic (exact) mass is 282 g/mol. The third kappa shape index (κ3) is 2.71. The van der Waals surface area contributed by atoms with Crippen molar-refractivity contribution in [3.8, 4) is 0 Å². The van der Waals surface area contributed by atoms with Crippen LogP contribution in [-0.2, 0) is 0 Å². The molecule has 0 unspecified atom stereocenters. The molecule has 21 heavy (non-hydrogen) atoms. The normalized spacial score (nSPS) is 23.8. The molecule has 0 radical (unpaired) electrons. The van der Waals surface area contributed by atoms with Crippen LogP contribution in [0.15, 0.2) is 40.9 Å². The Bertz CT molecular complexity index is 646. The lowest BCUT2D eigenvalue weighted by Gasteiger charge is -2.02. The zero-order valence-electron chi connectivity index (χ0n) is 11.8. The van der Waals surface area contributed by atoms with Crippen molar-refractivity contribution in [3.05, 3.63) is 53.4 Å². The molecule has 1 aromatic carbocycles. The first-order chi connectivity index (χ1) is 10.3. The maximum atomic E-state index is 12.0. The van der Waals surface area contributed by atoms with Crippen molar-refractivity contribution in [1.29, 1.82) is 0 Å². The molecule has 1 aromatic heterocycles. The van der Waals surface area contributed by atoms with Crippen LogP contribution in [-0.4, -0.2) is 17.6 Å². The summed E-state index contributed by atoms with van der Waals surface area (Å²) in [6.07, 6.45) is 3.45. The summed E-state index contributed by atoms with van der Waals surface area (Å²) in [6.45, 7) is 0.712. The van der Waals surface area contributed by atoms with Gasteiger partial charge in [-0.1, -0.05) is 35.5 Å². The van der Waals surface area contributed by atoms with Gasteiger partial charge in [-0.3, -0.25) is 4.79 Å². The summed E-state index contributed by atoms with van der Waals surface area (Å²) in [6, 6.07) is 12.3. The van der Waals surface area contributed by atoms with Crippen molar-refractivity contribution >= 4 is 5.91 Å². The van der Waals surface area contributed by atoms with Gasteiger partial charge < -0.3 is 9.84 Å². The first kappa shape index (κ1) is 12.6. The van der Waals surface area contributed by atoms with Gasteiger partial charge in [0.15, 0.2) is 5.69 Å². The Balaban J connectivity index is 1.30. The van der Waals surface area contributed by atoms with Gasteiger partial charge in [-0.15, -0.1) is 0 Å². The molecule has 1 heterocycles.